The van der Waals surface area contributed by atoms with Crippen molar-refractivity contribution in [2.45, 2.75) is 58.8 Å². The van der Waals surface area contributed by atoms with Gasteiger partial charge in [0.1, 0.15) is 11.5 Å². The van der Waals surface area contributed by atoms with Crippen molar-refractivity contribution < 1.29 is 28.7 Å². The molecule has 10 nitrogen and oxygen atoms in total. The van der Waals surface area contributed by atoms with Crippen LogP contribution in [0.25, 0.3) is 0 Å². The lowest BCUT2D eigenvalue weighted by molar-refractivity contribution is -0.130. The maximum Gasteiger partial charge on any atom is 0.276 e. The summed E-state index contributed by atoms with van der Waals surface area (Å²) >= 11 is 0. The number of amides is 4. The molecule has 4 amide bonds. The third-order valence-electron chi connectivity index (χ3n) is 5.21. The van der Waals surface area contributed by atoms with E-state index >= 15 is 0 Å². The number of hydrogen-bond acceptors (Lipinski definition) is 6. The van der Waals surface area contributed by atoms with Crippen LogP contribution in [-0.4, -0.2) is 36.8 Å². The number of nitrogens with one attached hydrogen (secondary N) is 4. The average Bonchev–Trinajstić information content (AvgIpc) is 2.88. The van der Waals surface area contributed by atoms with Crippen LogP contribution in [0.3, 0.4) is 0 Å². The standard InChI is InChI=1S/C27H36N4O6/c1-20-10-8-12-22(16-20)36-18-26(34)30-28-24(32)14-6-4-3-5-7-15-25(33)29-31-27(35)19-37-23-13-9-11-21(2)17-23/h8-13,16-17H,3-7,14-15,18-19H2,1-2H3,(H,28,32)(H,29,33)(H,30,34)(H,31,35). The molecular formula is C27H36N4O6. The summed E-state index contributed by atoms with van der Waals surface area (Å²) in [5.41, 5.74) is 11.5. The molecule has 0 saturated carbocycles. The van der Waals surface area contributed by atoms with E-state index in [4.69, 9.17) is 9.47 Å². The highest BCUT2D eigenvalue weighted by atomic mass is 16.5. The molecule has 37 heavy (non-hydrogen) atoms. The van der Waals surface area contributed by atoms with E-state index in [-0.39, 0.29) is 37.9 Å². The molecule has 0 bridgehead atoms. The predicted molar refractivity (Wildman–Crippen MR) is 138 cm³/mol. The van der Waals surface area contributed by atoms with Crippen molar-refractivity contribution in [3.05, 3.63) is 59.7 Å². The topological polar surface area (TPSA) is 135 Å². The number of hydrogen-bond donors (Lipinski definition) is 4. The van der Waals surface area contributed by atoms with Crippen molar-refractivity contribution in [3.63, 3.8) is 0 Å². The van der Waals surface area contributed by atoms with Gasteiger partial charge in [0.05, 0.1) is 0 Å². The van der Waals surface area contributed by atoms with E-state index in [1.54, 1.807) is 12.1 Å². The van der Waals surface area contributed by atoms with Crippen molar-refractivity contribution in [2.75, 3.05) is 13.2 Å². The van der Waals surface area contributed by atoms with Gasteiger partial charge in [-0.2, -0.15) is 0 Å². The van der Waals surface area contributed by atoms with E-state index in [9.17, 15) is 19.2 Å². The van der Waals surface area contributed by atoms with Gasteiger partial charge in [-0.25, -0.2) is 0 Å². The molecule has 0 aliphatic rings. The first-order valence-electron chi connectivity index (χ1n) is 12.4. The number of benzene rings is 2. The molecule has 0 radical (unpaired) electrons. The van der Waals surface area contributed by atoms with Crippen molar-refractivity contribution in [2.24, 2.45) is 0 Å². The molecule has 0 aromatic heterocycles. The van der Waals surface area contributed by atoms with Gasteiger partial charge in [0.15, 0.2) is 13.2 Å². The Labute approximate surface area is 217 Å². The number of rotatable bonds is 14. The van der Waals surface area contributed by atoms with Gasteiger partial charge in [0.25, 0.3) is 11.8 Å². The lowest BCUT2D eigenvalue weighted by Crippen LogP contribution is -2.43. The molecule has 0 fully saturated rings. The van der Waals surface area contributed by atoms with E-state index in [2.05, 4.69) is 21.7 Å². The van der Waals surface area contributed by atoms with Gasteiger partial charge in [0, 0.05) is 12.8 Å². The Morgan fingerprint density at radius 1 is 0.568 bits per heavy atom. The van der Waals surface area contributed by atoms with E-state index in [0.717, 1.165) is 30.4 Å². The minimum Gasteiger partial charge on any atom is -0.484 e. The van der Waals surface area contributed by atoms with Crippen molar-refractivity contribution in [1.29, 1.82) is 0 Å². The molecule has 0 saturated heterocycles. The van der Waals surface area contributed by atoms with Crippen molar-refractivity contribution in [3.8, 4) is 11.5 Å². The fraction of sp³-hybridized carbons (Fsp3) is 0.407. The predicted octanol–water partition coefficient (Wildman–Crippen LogP) is 2.79. The van der Waals surface area contributed by atoms with Crippen LogP contribution < -0.4 is 31.2 Å². The third kappa shape index (κ3) is 13.6. The number of carbonyl (C=O) groups excluding carboxylic acids is 4. The second-order valence-electron chi connectivity index (χ2n) is 8.67. The van der Waals surface area contributed by atoms with Gasteiger partial charge in [-0.3, -0.25) is 40.9 Å². The summed E-state index contributed by atoms with van der Waals surface area (Å²) in [6.45, 7) is 3.47. The van der Waals surface area contributed by atoms with E-state index < -0.39 is 11.8 Å². The van der Waals surface area contributed by atoms with Crippen LogP contribution in [0.15, 0.2) is 48.5 Å². The molecule has 0 unspecified atom stereocenters. The van der Waals surface area contributed by atoms with Gasteiger partial charge in [-0.05, 0) is 62.1 Å². The number of unbranched alkanes of at least 4 members (excludes halogenated alkanes) is 4. The monoisotopic (exact) mass is 512 g/mol. The molecule has 2 aromatic carbocycles. The summed E-state index contributed by atoms with van der Waals surface area (Å²) in [5.74, 6) is -0.249. The Morgan fingerprint density at radius 2 is 0.946 bits per heavy atom. The molecule has 0 spiro atoms. The smallest absolute Gasteiger partial charge is 0.276 e. The average molecular weight is 513 g/mol. The van der Waals surface area contributed by atoms with Crippen LogP contribution in [0.5, 0.6) is 11.5 Å². The molecular weight excluding hydrogens is 476 g/mol. The number of aryl methyl sites for hydroxylation is 2. The second-order valence-corrected chi connectivity index (χ2v) is 8.67. The summed E-state index contributed by atoms with van der Waals surface area (Å²) in [7, 11) is 0. The Kier molecular flexibility index (Phi) is 13.1. The number of carbonyl (C=O) groups is 4. The zero-order valence-corrected chi connectivity index (χ0v) is 21.4. The maximum atomic E-state index is 11.9. The lowest BCUT2D eigenvalue weighted by atomic mass is 10.1. The van der Waals surface area contributed by atoms with Crippen LogP contribution in [0.2, 0.25) is 0 Å². The van der Waals surface area contributed by atoms with Gasteiger partial charge < -0.3 is 9.47 Å². The van der Waals surface area contributed by atoms with Crippen molar-refractivity contribution in [1.82, 2.24) is 21.7 Å². The normalized spacial score (nSPS) is 10.2. The van der Waals surface area contributed by atoms with Crippen LogP contribution in [0, 0.1) is 13.8 Å². The number of ether oxygens (including phenoxy) is 2. The Balaban J connectivity index is 1.41. The highest BCUT2D eigenvalue weighted by molar-refractivity contribution is 5.83. The van der Waals surface area contributed by atoms with E-state index in [0.29, 0.717) is 24.3 Å². The van der Waals surface area contributed by atoms with E-state index in [1.165, 1.54) is 0 Å². The molecule has 10 heteroatoms. The largest absolute Gasteiger partial charge is 0.484 e. The highest BCUT2D eigenvalue weighted by Crippen LogP contribution is 2.13. The fourth-order valence-electron chi connectivity index (χ4n) is 3.29. The first-order chi connectivity index (χ1) is 17.8. The molecule has 200 valence electrons. The summed E-state index contributed by atoms with van der Waals surface area (Å²) in [6.07, 6.45) is 4.44. The van der Waals surface area contributed by atoms with Crippen LogP contribution in [0.1, 0.15) is 56.1 Å². The first kappa shape index (κ1) is 29.2. The Morgan fingerprint density at radius 3 is 1.35 bits per heavy atom. The fourth-order valence-corrected chi connectivity index (χ4v) is 3.29. The quantitative estimate of drug-likeness (QED) is 0.227. The lowest BCUT2D eigenvalue weighted by Gasteiger charge is -2.09. The van der Waals surface area contributed by atoms with Crippen LogP contribution in [0.4, 0.5) is 0 Å². The van der Waals surface area contributed by atoms with Gasteiger partial charge in [-0.15, -0.1) is 0 Å². The van der Waals surface area contributed by atoms with Crippen LogP contribution in [-0.2, 0) is 19.2 Å². The zero-order chi connectivity index (χ0) is 26.9. The first-order valence-corrected chi connectivity index (χ1v) is 12.4. The summed E-state index contributed by atoms with van der Waals surface area (Å²) in [5, 5.41) is 0. The number of hydrazine groups is 2. The SMILES string of the molecule is Cc1cccc(OCC(=O)NNC(=O)CCCCCCCC(=O)NNC(=O)COc2cccc(C)c2)c1. The van der Waals surface area contributed by atoms with Gasteiger partial charge in [-0.1, -0.05) is 43.5 Å². The summed E-state index contributed by atoms with van der Waals surface area (Å²) in [4.78, 5) is 47.3. The maximum absolute atomic E-state index is 11.9. The molecule has 2 rings (SSSR count). The molecule has 2 aromatic rings. The molecule has 4 N–H and O–H groups in total. The third-order valence-corrected chi connectivity index (χ3v) is 5.21. The van der Waals surface area contributed by atoms with Crippen LogP contribution >= 0.6 is 0 Å². The van der Waals surface area contributed by atoms with E-state index in [1.807, 2.05) is 50.2 Å². The summed E-state index contributed by atoms with van der Waals surface area (Å²) in [6, 6.07) is 14.7. The zero-order valence-electron chi connectivity index (χ0n) is 21.4. The van der Waals surface area contributed by atoms with Gasteiger partial charge in [0.2, 0.25) is 11.8 Å². The molecule has 0 aliphatic carbocycles. The van der Waals surface area contributed by atoms with Gasteiger partial charge >= 0.3 is 0 Å². The Bertz CT molecular complexity index is 962. The minimum absolute atomic E-state index is 0.192. The van der Waals surface area contributed by atoms with Crippen molar-refractivity contribution >= 4 is 23.6 Å². The molecule has 0 atom stereocenters. The second kappa shape index (κ2) is 16.6. The highest BCUT2D eigenvalue weighted by Gasteiger charge is 2.07. The summed E-state index contributed by atoms with van der Waals surface area (Å²) < 4.78 is 10.7. The molecule has 0 aliphatic heterocycles. The minimum atomic E-state index is -0.442. The Hall–Kier alpha value is -4.08. The molecule has 0 heterocycles.